The minimum absolute atomic E-state index is 0.290. The molecule has 0 saturated carbocycles. The molecule has 0 fully saturated rings. The quantitative estimate of drug-likeness (QED) is 0.444. The van der Waals surface area contributed by atoms with Gasteiger partial charge in [0.1, 0.15) is 0 Å². The molecule has 30 heavy (non-hydrogen) atoms. The number of anilines is 1. The summed E-state index contributed by atoms with van der Waals surface area (Å²) in [5, 5.41) is 16.2. The molecule has 2 aromatic carbocycles. The second-order valence-electron chi connectivity index (χ2n) is 7.26. The molecule has 3 aromatic rings. The fraction of sp³-hybridized carbons (Fsp3) is 0.227. The second-order valence-corrected chi connectivity index (χ2v) is 7.26. The summed E-state index contributed by atoms with van der Waals surface area (Å²) in [5.74, 6) is -1.50. The Bertz CT molecular complexity index is 1180. The minimum atomic E-state index is -1.000. The van der Waals surface area contributed by atoms with Crippen molar-refractivity contribution >= 4 is 11.6 Å². The van der Waals surface area contributed by atoms with Crippen molar-refractivity contribution in [2.45, 2.75) is 31.8 Å². The standard InChI is InChI=1S/C22H22N4O4/c27-19-18(25-22(30)26-21(19)29)20(28)24-17-11-5-8-14-15(17)9-4-10-16(14)23-12-13-6-2-1-3-7-13/h1-4,6-7,9-10,17,23,27H,5,8,11-12H2,(H,24,28)(H2,25,26,29,30). The molecular formula is C22H22N4O4. The van der Waals surface area contributed by atoms with E-state index in [1.54, 1.807) is 0 Å². The van der Waals surface area contributed by atoms with Crippen LogP contribution in [-0.2, 0) is 13.0 Å². The topological polar surface area (TPSA) is 127 Å². The van der Waals surface area contributed by atoms with Gasteiger partial charge in [-0.25, -0.2) is 4.79 Å². The van der Waals surface area contributed by atoms with Crippen LogP contribution in [0, 0.1) is 0 Å². The third-order valence-corrected chi connectivity index (χ3v) is 5.28. The van der Waals surface area contributed by atoms with Crippen LogP contribution in [0.2, 0.25) is 0 Å². The summed E-state index contributed by atoms with van der Waals surface area (Å²) in [6.07, 6.45) is 2.47. The smallest absolute Gasteiger partial charge is 0.326 e. The lowest BCUT2D eigenvalue weighted by Gasteiger charge is -2.28. The minimum Gasteiger partial charge on any atom is -0.501 e. The number of hydrogen-bond acceptors (Lipinski definition) is 5. The summed E-state index contributed by atoms with van der Waals surface area (Å²) in [5.41, 5.74) is 2.02. The maximum absolute atomic E-state index is 12.6. The van der Waals surface area contributed by atoms with E-state index >= 15 is 0 Å². The highest BCUT2D eigenvalue weighted by atomic mass is 16.3. The molecule has 0 saturated heterocycles. The molecule has 1 aliphatic carbocycles. The Labute approximate surface area is 172 Å². The van der Waals surface area contributed by atoms with Crippen molar-refractivity contribution in [3.05, 3.63) is 91.8 Å². The van der Waals surface area contributed by atoms with Crippen molar-refractivity contribution in [1.29, 1.82) is 0 Å². The van der Waals surface area contributed by atoms with E-state index in [-0.39, 0.29) is 6.04 Å². The van der Waals surface area contributed by atoms with E-state index in [0.29, 0.717) is 6.54 Å². The molecule has 154 valence electrons. The van der Waals surface area contributed by atoms with Crippen LogP contribution in [0.5, 0.6) is 5.75 Å². The average molecular weight is 406 g/mol. The van der Waals surface area contributed by atoms with E-state index in [2.05, 4.69) is 27.8 Å². The SMILES string of the molecule is O=C(NC1CCCc2c(NCc3ccccc3)cccc21)c1[nH]c(=O)[nH]c(=O)c1O. The summed E-state index contributed by atoms with van der Waals surface area (Å²) in [7, 11) is 0. The fourth-order valence-electron chi connectivity index (χ4n) is 3.83. The van der Waals surface area contributed by atoms with E-state index < -0.39 is 28.6 Å². The second kappa shape index (κ2) is 8.28. The van der Waals surface area contributed by atoms with E-state index in [0.717, 1.165) is 36.1 Å². The molecule has 1 unspecified atom stereocenters. The number of amides is 1. The maximum atomic E-state index is 12.6. The van der Waals surface area contributed by atoms with Gasteiger partial charge < -0.3 is 15.7 Å². The first-order chi connectivity index (χ1) is 14.5. The lowest BCUT2D eigenvalue weighted by atomic mass is 9.86. The Morgan fingerprint density at radius 2 is 1.87 bits per heavy atom. The molecule has 1 aliphatic rings. The third kappa shape index (κ3) is 3.98. The largest absolute Gasteiger partial charge is 0.501 e. The van der Waals surface area contributed by atoms with Gasteiger partial charge in [0.2, 0.25) is 5.75 Å². The Balaban J connectivity index is 1.56. The van der Waals surface area contributed by atoms with Crippen molar-refractivity contribution in [2.75, 3.05) is 5.32 Å². The predicted octanol–water partition coefficient (Wildman–Crippen LogP) is 2.19. The van der Waals surface area contributed by atoms with Gasteiger partial charge in [0.05, 0.1) is 6.04 Å². The number of fused-ring (bicyclic) bond motifs is 1. The third-order valence-electron chi connectivity index (χ3n) is 5.28. The Kier molecular flexibility index (Phi) is 5.38. The van der Waals surface area contributed by atoms with Crippen LogP contribution in [-0.4, -0.2) is 21.0 Å². The number of carbonyl (C=O) groups excluding carboxylic acids is 1. The Morgan fingerprint density at radius 1 is 1.07 bits per heavy atom. The zero-order valence-electron chi connectivity index (χ0n) is 16.2. The maximum Gasteiger partial charge on any atom is 0.326 e. The molecule has 1 heterocycles. The van der Waals surface area contributed by atoms with Crippen molar-refractivity contribution in [2.24, 2.45) is 0 Å². The first-order valence-electron chi connectivity index (χ1n) is 9.79. The molecule has 0 bridgehead atoms. The van der Waals surface area contributed by atoms with Gasteiger partial charge in [-0.2, -0.15) is 0 Å². The van der Waals surface area contributed by atoms with Crippen LogP contribution < -0.4 is 21.9 Å². The fourth-order valence-corrected chi connectivity index (χ4v) is 3.83. The lowest BCUT2D eigenvalue weighted by Crippen LogP contribution is -2.35. The van der Waals surface area contributed by atoms with Gasteiger partial charge >= 0.3 is 5.69 Å². The van der Waals surface area contributed by atoms with E-state index in [1.807, 2.05) is 41.4 Å². The summed E-state index contributed by atoms with van der Waals surface area (Å²) in [6.45, 7) is 0.691. The van der Waals surface area contributed by atoms with E-state index in [4.69, 9.17) is 0 Å². The summed E-state index contributed by atoms with van der Waals surface area (Å²) in [6, 6.07) is 15.7. The molecule has 0 spiro atoms. The van der Waals surface area contributed by atoms with Crippen molar-refractivity contribution in [3.63, 3.8) is 0 Å². The average Bonchev–Trinajstić information content (AvgIpc) is 2.75. The van der Waals surface area contributed by atoms with Crippen LogP contribution in [0.25, 0.3) is 0 Å². The highest BCUT2D eigenvalue weighted by Gasteiger charge is 2.26. The van der Waals surface area contributed by atoms with Gasteiger partial charge in [-0.05, 0) is 42.0 Å². The number of aromatic nitrogens is 2. The van der Waals surface area contributed by atoms with Crippen molar-refractivity contribution in [1.82, 2.24) is 15.3 Å². The van der Waals surface area contributed by atoms with Crippen LogP contribution in [0.15, 0.2) is 58.1 Å². The van der Waals surface area contributed by atoms with Crippen LogP contribution >= 0.6 is 0 Å². The van der Waals surface area contributed by atoms with Crippen molar-refractivity contribution < 1.29 is 9.90 Å². The lowest BCUT2D eigenvalue weighted by molar-refractivity contribution is 0.0923. The molecular weight excluding hydrogens is 384 g/mol. The number of benzene rings is 2. The predicted molar refractivity (Wildman–Crippen MR) is 113 cm³/mol. The number of aromatic amines is 2. The van der Waals surface area contributed by atoms with E-state index in [1.165, 1.54) is 5.56 Å². The number of H-pyrrole nitrogens is 2. The molecule has 8 nitrogen and oxygen atoms in total. The zero-order chi connectivity index (χ0) is 21.1. The first kappa shape index (κ1) is 19.5. The van der Waals surface area contributed by atoms with Gasteiger partial charge in [0, 0.05) is 12.2 Å². The molecule has 1 atom stereocenters. The molecule has 0 radical (unpaired) electrons. The highest BCUT2D eigenvalue weighted by Crippen LogP contribution is 2.34. The Morgan fingerprint density at radius 3 is 2.67 bits per heavy atom. The zero-order valence-corrected chi connectivity index (χ0v) is 16.2. The normalized spacial score (nSPS) is 15.3. The molecule has 0 aliphatic heterocycles. The monoisotopic (exact) mass is 406 g/mol. The number of nitrogens with one attached hydrogen (secondary N) is 4. The van der Waals surface area contributed by atoms with Gasteiger partial charge in [0.15, 0.2) is 5.69 Å². The number of aromatic hydroxyl groups is 1. The summed E-state index contributed by atoms with van der Waals surface area (Å²) in [4.78, 5) is 39.8. The Hall–Kier alpha value is -3.81. The summed E-state index contributed by atoms with van der Waals surface area (Å²) < 4.78 is 0. The number of hydrogen-bond donors (Lipinski definition) is 5. The molecule has 1 amide bonds. The molecule has 8 heteroatoms. The first-order valence-corrected chi connectivity index (χ1v) is 9.79. The molecule has 5 N–H and O–H groups in total. The van der Waals surface area contributed by atoms with Gasteiger partial charge in [-0.15, -0.1) is 0 Å². The molecule has 1 aromatic heterocycles. The van der Waals surface area contributed by atoms with Crippen molar-refractivity contribution in [3.8, 4) is 5.75 Å². The summed E-state index contributed by atoms with van der Waals surface area (Å²) >= 11 is 0. The van der Waals surface area contributed by atoms with Gasteiger partial charge in [0.25, 0.3) is 11.5 Å². The highest BCUT2D eigenvalue weighted by molar-refractivity contribution is 5.94. The van der Waals surface area contributed by atoms with Crippen LogP contribution in [0.1, 0.15) is 46.1 Å². The van der Waals surface area contributed by atoms with Gasteiger partial charge in [-0.3, -0.25) is 19.6 Å². The van der Waals surface area contributed by atoms with E-state index in [9.17, 15) is 19.5 Å². The van der Waals surface area contributed by atoms with Crippen LogP contribution in [0.4, 0.5) is 5.69 Å². The molecule has 4 rings (SSSR count). The van der Waals surface area contributed by atoms with Gasteiger partial charge in [-0.1, -0.05) is 42.5 Å². The number of rotatable bonds is 5. The number of carbonyl (C=O) groups is 1. The van der Waals surface area contributed by atoms with Crippen LogP contribution in [0.3, 0.4) is 0 Å².